The summed E-state index contributed by atoms with van der Waals surface area (Å²) in [6, 6.07) is 0. The second-order valence-corrected chi connectivity index (χ2v) is 15.2. The number of ether oxygens (including phenoxy) is 2. The molecule has 0 heterocycles. The van der Waals surface area contributed by atoms with Crippen molar-refractivity contribution in [3.8, 4) is 0 Å². The maximum absolute atomic E-state index is 12.9. The largest absolute Gasteiger partial charge is 0.475 e. The highest BCUT2D eigenvalue weighted by Gasteiger charge is 2.34. The van der Waals surface area contributed by atoms with Crippen molar-refractivity contribution in [1.29, 1.82) is 0 Å². The molecule has 0 aromatic heterocycles. The van der Waals surface area contributed by atoms with Gasteiger partial charge in [0.05, 0.1) is 12.5 Å². The average molecular weight is 692 g/mol. The number of carbonyl (C=O) groups excluding carboxylic acids is 1. The number of rotatable bonds is 37. The third-order valence-electron chi connectivity index (χ3n) is 9.00. The van der Waals surface area contributed by atoms with E-state index in [0.29, 0.717) is 13.0 Å². The fourth-order valence-corrected chi connectivity index (χ4v) is 6.69. The Kier molecular flexibility index (Phi) is 33.6. The average Bonchev–Trinajstić information content (AvgIpc) is 3.05. The second kappa shape index (κ2) is 34.0. The van der Waals surface area contributed by atoms with Crippen LogP contribution in [-0.2, 0) is 27.9 Å². The Labute approximate surface area is 291 Å². The summed E-state index contributed by atoms with van der Waals surface area (Å²) >= 11 is 0. The first-order valence-electron chi connectivity index (χ1n) is 19.9. The summed E-state index contributed by atoms with van der Waals surface area (Å²) in [7, 11) is -4.47. The first-order chi connectivity index (χ1) is 22.8. The van der Waals surface area contributed by atoms with E-state index in [1.165, 1.54) is 141 Å². The van der Waals surface area contributed by atoms with Crippen LogP contribution in [0.5, 0.6) is 0 Å². The Morgan fingerprint density at radius 1 is 0.617 bits per heavy atom. The maximum atomic E-state index is 12.9. The molecule has 0 saturated carbocycles. The lowest BCUT2D eigenvalue weighted by molar-refractivity contribution is -0.191. The first kappa shape index (κ1) is 46.5. The summed E-state index contributed by atoms with van der Waals surface area (Å²) < 4.78 is 34.1. The van der Waals surface area contributed by atoms with Gasteiger partial charge in [-0.2, -0.15) is 0 Å². The molecule has 47 heavy (non-hydrogen) atoms. The summed E-state index contributed by atoms with van der Waals surface area (Å²) in [5.41, 5.74) is 5.41. The molecule has 3 N–H and O–H groups in total. The number of hydrogen-bond acceptors (Lipinski definition) is 7. The van der Waals surface area contributed by atoms with Crippen LogP contribution in [0.1, 0.15) is 201 Å². The van der Waals surface area contributed by atoms with Gasteiger partial charge in [0.2, 0.25) is 6.29 Å². The van der Waals surface area contributed by atoms with Crippen molar-refractivity contribution in [2.24, 2.45) is 11.7 Å². The standard InChI is InChI=1S/C38H78NO7P/c1-5-7-9-11-13-15-17-19-20-22-24-26-28-30-33-43-36(4)38(46-47(41,42)44-34-32-39)45-37(40)35(3)31-29-27-25-23-21-18-16-14-12-10-8-6-2/h35-36,38H,5-34,39H2,1-4H3,(H,41,42)/t35?,36-,38?/m1/s1. The summed E-state index contributed by atoms with van der Waals surface area (Å²) in [5, 5.41) is 0. The quantitative estimate of drug-likeness (QED) is 0.0286. The van der Waals surface area contributed by atoms with Gasteiger partial charge in [0, 0.05) is 13.2 Å². The van der Waals surface area contributed by atoms with E-state index in [-0.39, 0.29) is 19.1 Å². The second-order valence-electron chi connectivity index (χ2n) is 13.8. The highest BCUT2D eigenvalue weighted by molar-refractivity contribution is 7.47. The molecule has 3 unspecified atom stereocenters. The molecule has 4 atom stereocenters. The van der Waals surface area contributed by atoms with Gasteiger partial charge >= 0.3 is 13.8 Å². The van der Waals surface area contributed by atoms with Crippen molar-refractivity contribution >= 4 is 13.8 Å². The summed E-state index contributed by atoms with van der Waals surface area (Å²) in [6.45, 7) is 8.44. The Morgan fingerprint density at radius 3 is 1.40 bits per heavy atom. The molecule has 0 fully saturated rings. The topological polar surface area (TPSA) is 117 Å². The lowest BCUT2D eigenvalue weighted by Crippen LogP contribution is -2.35. The molecule has 9 heteroatoms. The number of nitrogens with two attached hydrogens (primary N) is 1. The SMILES string of the molecule is CCCCCCCCCCCCCCCCO[C@H](C)C(OC(=O)C(C)CCCCCCCCCCCCCC)OP(=O)(O)OCCN. The summed E-state index contributed by atoms with van der Waals surface area (Å²) in [6.07, 6.45) is 31.7. The van der Waals surface area contributed by atoms with Crippen molar-refractivity contribution < 1.29 is 32.8 Å². The predicted molar refractivity (Wildman–Crippen MR) is 196 cm³/mol. The van der Waals surface area contributed by atoms with Crippen LogP contribution in [-0.4, -0.2) is 43.0 Å². The maximum Gasteiger partial charge on any atom is 0.475 e. The lowest BCUT2D eigenvalue weighted by atomic mass is 10.0. The molecule has 0 aliphatic heterocycles. The Balaban J connectivity index is 4.28. The van der Waals surface area contributed by atoms with Gasteiger partial charge in [0.15, 0.2) is 0 Å². The number of esters is 1. The zero-order chi connectivity index (χ0) is 34.9. The zero-order valence-electron chi connectivity index (χ0n) is 31.4. The molecule has 0 spiro atoms. The van der Waals surface area contributed by atoms with Gasteiger partial charge in [-0.15, -0.1) is 0 Å². The molecule has 0 aliphatic rings. The molecule has 8 nitrogen and oxygen atoms in total. The van der Waals surface area contributed by atoms with Gasteiger partial charge in [-0.1, -0.05) is 181 Å². The molecule has 0 saturated heterocycles. The van der Waals surface area contributed by atoms with Gasteiger partial charge in [0.1, 0.15) is 6.10 Å². The van der Waals surface area contributed by atoms with Crippen molar-refractivity contribution in [2.45, 2.75) is 213 Å². The van der Waals surface area contributed by atoms with Gasteiger partial charge in [-0.3, -0.25) is 9.32 Å². The van der Waals surface area contributed by atoms with E-state index in [1.54, 1.807) is 6.92 Å². The van der Waals surface area contributed by atoms with E-state index >= 15 is 0 Å². The Morgan fingerprint density at radius 2 is 1.00 bits per heavy atom. The summed E-state index contributed by atoms with van der Waals surface area (Å²) in [4.78, 5) is 23.1. The number of carbonyl (C=O) groups is 1. The molecule has 0 aromatic rings. The third-order valence-corrected chi connectivity index (χ3v) is 9.98. The van der Waals surface area contributed by atoms with E-state index in [2.05, 4.69) is 13.8 Å². The molecule has 0 aromatic carbocycles. The minimum absolute atomic E-state index is 0.0691. The Hall–Kier alpha value is -0.500. The fourth-order valence-electron chi connectivity index (χ4n) is 5.82. The highest BCUT2D eigenvalue weighted by atomic mass is 31.2. The lowest BCUT2D eigenvalue weighted by Gasteiger charge is -2.27. The zero-order valence-corrected chi connectivity index (χ0v) is 32.3. The number of unbranched alkanes of at least 4 members (excludes halogenated alkanes) is 24. The molecular formula is C38H78NO7P. The van der Waals surface area contributed by atoms with Crippen LogP contribution in [0.3, 0.4) is 0 Å². The number of phosphoric ester groups is 1. The molecule has 0 bridgehead atoms. The minimum Gasteiger partial charge on any atom is -0.432 e. The van der Waals surface area contributed by atoms with Crippen LogP contribution in [0.2, 0.25) is 0 Å². The molecule has 0 amide bonds. The fraction of sp³-hybridized carbons (Fsp3) is 0.974. The van der Waals surface area contributed by atoms with Crippen molar-refractivity contribution in [3.63, 3.8) is 0 Å². The predicted octanol–water partition coefficient (Wildman–Crippen LogP) is 11.6. The summed E-state index contributed by atoms with van der Waals surface area (Å²) in [5.74, 6) is -0.797. The smallest absolute Gasteiger partial charge is 0.432 e. The van der Waals surface area contributed by atoms with E-state index < -0.39 is 26.2 Å². The van der Waals surface area contributed by atoms with Gasteiger partial charge in [0.25, 0.3) is 0 Å². The highest BCUT2D eigenvalue weighted by Crippen LogP contribution is 2.45. The third kappa shape index (κ3) is 31.2. The first-order valence-corrected chi connectivity index (χ1v) is 21.4. The van der Waals surface area contributed by atoms with Gasteiger partial charge in [-0.05, 0) is 19.8 Å². The van der Waals surface area contributed by atoms with Crippen molar-refractivity contribution in [3.05, 3.63) is 0 Å². The van der Waals surface area contributed by atoms with Crippen LogP contribution in [0.25, 0.3) is 0 Å². The van der Waals surface area contributed by atoms with Crippen molar-refractivity contribution in [1.82, 2.24) is 0 Å². The van der Waals surface area contributed by atoms with Crippen LogP contribution < -0.4 is 5.73 Å². The van der Waals surface area contributed by atoms with E-state index in [1.807, 2.05) is 6.92 Å². The van der Waals surface area contributed by atoms with E-state index in [9.17, 15) is 14.3 Å². The molecule has 0 radical (unpaired) electrons. The van der Waals surface area contributed by atoms with E-state index in [4.69, 9.17) is 24.3 Å². The monoisotopic (exact) mass is 692 g/mol. The van der Waals surface area contributed by atoms with Gasteiger partial charge < -0.3 is 20.1 Å². The van der Waals surface area contributed by atoms with Gasteiger partial charge in [-0.25, -0.2) is 9.09 Å². The molecule has 0 rings (SSSR count). The van der Waals surface area contributed by atoms with Crippen molar-refractivity contribution in [2.75, 3.05) is 19.8 Å². The van der Waals surface area contributed by atoms with Crippen LogP contribution in [0.4, 0.5) is 0 Å². The van der Waals surface area contributed by atoms with Crippen LogP contribution >= 0.6 is 7.82 Å². The number of phosphoric acid groups is 1. The normalized spacial score (nSPS) is 14.9. The van der Waals surface area contributed by atoms with E-state index in [0.717, 1.165) is 25.7 Å². The minimum atomic E-state index is -4.47. The number of hydrogen-bond donors (Lipinski definition) is 2. The molecule has 282 valence electrons. The van der Waals surface area contributed by atoms with Crippen LogP contribution in [0.15, 0.2) is 0 Å². The Bertz CT molecular complexity index is 726. The molecule has 0 aliphatic carbocycles. The van der Waals surface area contributed by atoms with Crippen LogP contribution in [0, 0.1) is 5.92 Å². The molecular weight excluding hydrogens is 613 g/mol.